The van der Waals surface area contributed by atoms with E-state index in [-0.39, 0.29) is 0 Å². The van der Waals surface area contributed by atoms with Crippen molar-refractivity contribution in [2.75, 3.05) is 51.0 Å². The average molecular weight is 369 g/mol. The first-order valence-electron chi connectivity index (χ1n) is 8.82. The van der Waals surface area contributed by atoms with E-state index >= 15 is 0 Å². The average Bonchev–Trinajstić information content (AvgIpc) is 3.20. The molecule has 9 nitrogen and oxygen atoms in total. The lowest BCUT2D eigenvalue weighted by molar-refractivity contribution is 0.243. The number of methoxy groups -OCH3 is 2. The number of rotatable bonds is 5. The number of nitrogens with zero attached hydrogens (tertiary/aromatic N) is 5. The predicted octanol–water partition coefficient (Wildman–Crippen LogP) is 1.27. The van der Waals surface area contributed by atoms with Crippen molar-refractivity contribution in [3.05, 3.63) is 30.4 Å². The number of hydrogen-bond donors (Lipinski definition) is 2. The smallest absolute Gasteiger partial charge is 0.227 e. The van der Waals surface area contributed by atoms with E-state index in [1.54, 1.807) is 20.4 Å². The van der Waals surface area contributed by atoms with E-state index in [1.165, 1.54) is 0 Å². The van der Waals surface area contributed by atoms with Crippen LogP contribution in [0, 0.1) is 0 Å². The molecule has 3 N–H and O–H groups in total. The van der Waals surface area contributed by atoms with Gasteiger partial charge in [0.25, 0.3) is 0 Å². The van der Waals surface area contributed by atoms with Crippen molar-refractivity contribution in [3.63, 3.8) is 0 Å². The minimum absolute atomic E-state index is 0.439. The highest BCUT2D eigenvalue weighted by Gasteiger charge is 2.21. The van der Waals surface area contributed by atoms with Crippen molar-refractivity contribution in [2.24, 2.45) is 0 Å². The molecule has 1 fully saturated rings. The number of nitrogens with one attached hydrogen (secondary N) is 1. The number of anilines is 2. The largest absolute Gasteiger partial charge is 0.493 e. The van der Waals surface area contributed by atoms with E-state index < -0.39 is 0 Å². The molecule has 0 saturated carbocycles. The third-order valence-electron chi connectivity index (χ3n) is 4.80. The van der Waals surface area contributed by atoms with Gasteiger partial charge < -0.3 is 25.1 Å². The van der Waals surface area contributed by atoms with Gasteiger partial charge in [-0.05, 0) is 6.07 Å². The second-order valence-electron chi connectivity index (χ2n) is 6.43. The minimum Gasteiger partial charge on any atom is -0.493 e. The van der Waals surface area contributed by atoms with Crippen LogP contribution in [0.25, 0.3) is 10.9 Å². The zero-order valence-electron chi connectivity index (χ0n) is 15.5. The summed E-state index contributed by atoms with van der Waals surface area (Å²) in [6.07, 6.45) is 3.63. The van der Waals surface area contributed by atoms with Crippen LogP contribution in [0.1, 0.15) is 5.82 Å². The fourth-order valence-corrected chi connectivity index (χ4v) is 3.31. The molecule has 0 unspecified atom stereocenters. The first-order chi connectivity index (χ1) is 13.2. The summed E-state index contributed by atoms with van der Waals surface area (Å²) in [7, 11) is 3.20. The molecule has 2 aromatic heterocycles. The van der Waals surface area contributed by atoms with Crippen LogP contribution in [-0.2, 0) is 6.54 Å². The lowest BCUT2D eigenvalue weighted by atomic mass is 10.2. The number of imidazole rings is 1. The highest BCUT2D eigenvalue weighted by Crippen LogP contribution is 2.34. The van der Waals surface area contributed by atoms with Gasteiger partial charge >= 0.3 is 0 Å². The number of nitrogens with two attached hydrogens (primary N) is 1. The van der Waals surface area contributed by atoms with Crippen LogP contribution in [0.4, 0.5) is 11.8 Å². The van der Waals surface area contributed by atoms with Crippen LogP contribution in [0.15, 0.2) is 24.5 Å². The van der Waals surface area contributed by atoms with Gasteiger partial charge in [-0.2, -0.15) is 4.98 Å². The van der Waals surface area contributed by atoms with Gasteiger partial charge in [-0.25, -0.2) is 9.97 Å². The summed E-state index contributed by atoms with van der Waals surface area (Å²) >= 11 is 0. The molecule has 1 aliphatic rings. The Bertz CT molecular complexity index is 921. The molecule has 0 aliphatic carbocycles. The summed E-state index contributed by atoms with van der Waals surface area (Å²) in [5.74, 6) is 3.30. The Morgan fingerprint density at radius 3 is 2.48 bits per heavy atom. The number of hydrogen-bond acceptors (Lipinski definition) is 8. The quantitative estimate of drug-likeness (QED) is 0.693. The molecule has 1 aliphatic heterocycles. The molecule has 1 aromatic carbocycles. The van der Waals surface area contributed by atoms with Gasteiger partial charge in [-0.1, -0.05) is 0 Å². The summed E-state index contributed by atoms with van der Waals surface area (Å²) in [6, 6.07) is 3.65. The molecule has 3 heterocycles. The first kappa shape index (κ1) is 17.3. The summed E-state index contributed by atoms with van der Waals surface area (Å²) in [6.45, 7) is 4.30. The molecular formula is C18H23N7O2. The second-order valence-corrected chi connectivity index (χ2v) is 6.43. The van der Waals surface area contributed by atoms with E-state index in [0.29, 0.717) is 23.3 Å². The Kier molecular flexibility index (Phi) is 4.68. The number of piperazine rings is 1. The molecule has 3 aromatic rings. The molecule has 9 heteroatoms. The summed E-state index contributed by atoms with van der Waals surface area (Å²) in [5.41, 5.74) is 6.94. The van der Waals surface area contributed by atoms with Crippen molar-refractivity contribution in [3.8, 4) is 11.5 Å². The normalized spacial score (nSPS) is 15.3. The lowest BCUT2D eigenvalue weighted by Gasteiger charge is -2.34. The molecule has 0 atom stereocenters. The maximum Gasteiger partial charge on any atom is 0.227 e. The number of fused-ring (bicyclic) bond motifs is 1. The van der Waals surface area contributed by atoms with Gasteiger partial charge in [0.2, 0.25) is 5.95 Å². The van der Waals surface area contributed by atoms with E-state index in [4.69, 9.17) is 20.2 Å². The molecule has 0 spiro atoms. The highest BCUT2D eigenvalue weighted by molar-refractivity contribution is 5.91. The Hall–Kier alpha value is -3.07. The van der Waals surface area contributed by atoms with E-state index in [0.717, 1.165) is 49.5 Å². The van der Waals surface area contributed by atoms with Gasteiger partial charge in [0.05, 0.1) is 26.3 Å². The minimum atomic E-state index is 0.439. The Morgan fingerprint density at radius 2 is 1.81 bits per heavy atom. The number of aromatic nitrogens is 4. The molecule has 27 heavy (non-hydrogen) atoms. The fraction of sp³-hybridized carbons (Fsp3) is 0.389. The van der Waals surface area contributed by atoms with Crippen molar-refractivity contribution in [2.45, 2.75) is 6.54 Å². The predicted molar refractivity (Wildman–Crippen MR) is 103 cm³/mol. The molecule has 142 valence electrons. The highest BCUT2D eigenvalue weighted by atomic mass is 16.5. The van der Waals surface area contributed by atoms with Crippen molar-refractivity contribution in [1.29, 1.82) is 0 Å². The number of aromatic amines is 1. The fourth-order valence-electron chi connectivity index (χ4n) is 3.31. The molecule has 1 saturated heterocycles. The van der Waals surface area contributed by atoms with Crippen LogP contribution in [0.2, 0.25) is 0 Å². The molecular weight excluding hydrogens is 346 g/mol. The maximum absolute atomic E-state index is 6.20. The summed E-state index contributed by atoms with van der Waals surface area (Å²) < 4.78 is 10.7. The summed E-state index contributed by atoms with van der Waals surface area (Å²) in [4.78, 5) is 21.2. The Morgan fingerprint density at radius 1 is 1.07 bits per heavy atom. The molecule has 0 amide bonds. The summed E-state index contributed by atoms with van der Waals surface area (Å²) in [5, 5.41) is 0.757. The SMILES string of the molecule is COc1cc2nc(N3CCN(Cc4ncc[nH]4)CC3)nc(N)c2cc1OC. The van der Waals surface area contributed by atoms with Gasteiger partial charge in [-0.15, -0.1) is 0 Å². The third kappa shape index (κ3) is 3.45. The lowest BCUT2D eigenvalue weighted by Crippen LogP contribution is -2.46. The van der Waals surface area contributed by atoms with Crippen LogP contribution in [0.5, 0.6) is 11.5 Å². The second kappa shape index (κ2) is 7.28. The van der Waals surface area contributed by atoms with Crippen LogP contribution < -0.4 is 20.1 Å². The zero-order valence-corrected chi connectivity index (χ0v) is 15.5. The topological polar surface area (TPSA) is 105 Å². The standard InChI is InChI=1S/C18H23N7O2/c1-26-14-9-12-13(10-15(14)27-2)22-18(23-17(12)19)25-7-5-24(6-8-25)11-16-20-3-4-21-16/h3-4,9-10H,5-8,11H2,1-2H3,(H,20,21)(H2,19,22,23). The number of nitrogen functional groups attached to an aromatic ring is 1. The zero-order chi connectivity index (χ0) is 18.8. The van der Waals surface area contributed by atoms with Gasteiger partial charge in [0.1, 0.15) is 11.6 Å². The monoisotopic (exact) mass is 369 g/mol. The van der Waals surface area contributed by atoms with Crippen molar-refractivity contribution < 1.29 is 9.47 Å². The van der Waals surface area contributed by atoms with Gasteiger partial charge in [-0.3, -0.25) is 4.90 Å². The van der Waals surface area contributed by atoms with Crippen LogP contribution in [0.3, 0.4) is 0 Å². The molecule has 0 radical (unpaired) electrons. The maximum atomic E-state index is 6.20. The van der Waals surface area contributed by atoms with Crippen LogP contribution in [-0.4, -0.2) is 65.2 Å². The van der Waals surface area contributed by atoms with E-state index in [2.05, 4.69) is 24.8 Å². The number of H-pyrrole nitrogens is 1. The van der Waals surface area contributed by atoms with Gasteiger partial charge in [0, 0.05) is 50.0 Å². The van der Waals surface area contributed by atoms with Crippen molar-refractivity contribution in [1.82, 2.24) is 24.8 Å². The van der Waals surface area contributed by atoms with E-state index in [9.17, 15) is 0 Å². The Balaban J connectivity index is 1.54. The molecule has 0 bridgehead atoms. The van der Waals surface area contributed by atoms with Crippen LogP contribution >= 0.6 is 0 Å². The number of ether oxygens (including phenoxy) is 2. The third-order valence-corrected chi connectivity index (χ3v) is 4.80. The van der Waals surface area contributed by atoms with E-state index in [1.807, 2.05) is 18.3 Å². The first-order valence-corrected chi connectivity index (χ1v) is 8.82. The van der Waals surface area contributed by atoms with Gasteiger partial charge in [0.15, 0.2) is 11.5 Å². The molecule has 4 rings (SSSR count). The Labute approximate surface area is 157 Å². The number of benzene rings is 1. The van der Waals surface area contributed by atoms with Crippen molar-refractivity contribution >= 4 is 22.7 Å².